The van der Waals surface area contributed by atoms with Gasteiger partial charge in [-0.25, -0.2) is 8.42 Å². The lowest BCUT2D eigenvalue weighted by Crippen LogP contribution is -2.50. The number of rotatable bonds is 9. The second-order valence-electron chi connectivity index (χ2n) is 7.93. The molecule has 0 N–H and O–H groups in total. The van der Waals surface area contributed by atoms with Crippen LogP contribution in [0.3, 0.4) is 0 Å². The summed E-state index contributed by atoms with van der Waals surface area (Å²) in [5.41, 5.74) is 1.10. The van der Waals surface area contributed by atoms with E-state index in [0.29, 0.717) is 69.3 Å². The fourth-order valence-electron chi connectivity index (χ4n) is 3.64. The van der Waals surface area contributed by atoms with Crippen molar-refractivity contribution in [2.45, 2.75) is 57.8 Å². The fraction of sp³-hybridized carbons (Fsp3) is 0.636. The standard InChI is InChI=1S/C22H35N3O4S/c1-5-23(6-2)21(26)8-7-9-22(27)24-14-16-25(17-15-24)30(28,29)20-12-10-19(11-13-20)18(3)4/h10-13,18H,5-9,14-17H2,1-4H3. The van der Waals surface area contributed by atoms with E-state index in [1.807, 2.05) is 26.0 Å². The van der Waals surface area contributed by atoms with Crippen LogP contribution < -0.4 is 0 Å². The zero-order valence-corrected chi connectivity index (χ0v) is 19.5. The average Bonchev–Trinajstić information content (AvgIpc) is 2.74. The molecule has 1 aliphatic heterocycles. The van der Waals surface area contributed by atoms with Crippen LogP contribution in [0.2, 0.25) is 0 Å². The van der Waals surface area contributed by atoms with E-state index in [9.17, 15) is 18.0 Å². The summed E-state index contributed by atoms with van der Waals surface area (Å²) in [7, 11) is -3.55. The molecule has 0 aliphatic carbocycles. The first-order valence-corrected chi connectivity index (χ1v) is 12.3. The maximum absolute atomic E-state index is 12.9. The Labute approximate surface area is 181 Å². The van der Waals surface area contributed by atoms with Crippen LogP contribution in [0, 0.1) is 0 Å². The molecule has 1 aromatic rings. The predicted molar refractivity (Wildman–Crippen MR) is 118 cm³/mol. The van der Waals surface area contributed by atoms with Gasteiger partial charge in [-0.3, -0.25) is 9.59 Å². The Hall–Kier alpha value is -1.93. The highest BCUT2D eigenvalue weighted by Gasteiger charge is 2.30. The quantitative estimate of drug-likeness (QED) is 0.595. The number of carbonyl (C=O) groups is 2. The van der Waals surface area contributed by atoms with E-state index in [0.717, 1.165) is 5.56 Å². The van der Waals surface area contributed by atoms with Crippen LogP contribution in [-0.2, 0) is 19.6 Å². The summed E-state index contributed by atoms with van der Waals surface area (Å²) in [5.74, 6) is 0.409. The van der Waals surface area contributed by atoms with Gasteiger partial charge < -0.3 is 9.80 Å². The molecule has 1 aliphatic rings. The maximum atomic E-state index is 12.9. The smallest absolute Gasteiger partial charge is 0.243 e. The van der Waals surface area contributed by atoms with Gasteiger partial charge in [-0.2, -0.15) is 4.31 Å². The Kier molecular flexibility index (Phi) is 8.85. The molecule has 30 heavy (non-hydrogen) atoms. The molecule has 0 saturated carbocycles. The van der Waals surface area contributed by atoms with E-state index in [1.165, 1.54) is 4.31 Å². The summed E-state index contributed by atoms with van der Waals surface area (Å²) >= 11 is 0. The summed E-state index contributed by atoms with van der Waals surface area (Å²) in [4.78, 5) is 28.2. The number of piperazine rings is 1. The van der Waals surface area contributed by atoms with Crippen LogP contribution in [0.1, 0.15) is 58.4 Å². The first kappa shape index (κ1) is 24.3. The van der Waals surface area contributed by atoms with Gasteiger partial charge in [0, 0.05) is 52.1 Å². The van der Waals surface area contributed by atoms with E-state index in [2.05, 4.69) is 13.8 Å². The summed E-state index contributed by atoms with van der Waals surface area (Å²) in [6, 6.07) is 7.04. The number of hydrogen-bond donors (Lipinski definition) is 0. The van der Waals surface area contributed by atoms with Gasteiger partial charge in [0.25, 0.3) is 0 Å². The lowest BCUT2D eigenvalue weighted by molar-refractivity contribution is -0.133. The Balaban J connectivity index is 1.84. The van der Waals surface area contributed by atoms with E-state index >= 15 is 0 Å². The highest BCUT2D eigenvalue weighted by molar-refractivity contribution is 7.89. The van der Waals surface area contributed by atoms with Crippen molar-refractivity contribution in [1.82, 2.24) is 14.1 Å². The van der Waals surface area contributed by atoms with E-state index < -0.39 is 10.0 Å². The molecule has 0 bridgehead atoms. The topological polar surface area (TPSA) is 78.0 Å². The first-order chi connectivity index (χ1) is 14.2. The van der Waals surface area contributed by atoms with Crippen molar-refractivity contribution in [1.29, 1.82) is 0 Å². The molecule has 0 spiro atoms. The largest absolute Gasteiger partial charge is 0.343 e. The molecule has 0 aromatic heterocycles. The monoisotopic (exact) mass is 437 g/mol. The van der Waals surface area contributed by atoms with Crippen LogP contribution in [0.4, 0.5) is 0 Å². The van der Waals surface area contributed by atoms with Gasteiger partial charge in [-0.1, -0.05) is 26.0 Å². The van der Waals surface area contributed by atoms with E-state index in [1.54, 1.807) is 21.9 Å². The van der Waals surface area contributed by atoms with Gasteiger partial charge in [0.2, 0.25) is 21.8 Å². The highest BCUT2D eigenvalue weighted by Crippen LogP contribution is 2.21. The molecule has 2 rings (SSSR count). The molecule has 1 saturated heterocycles. The minimum absolute atomic E-state index is 0.0133. The third-order valence-electron chi connectivity index (χ3n) is 5.67. The molecule has 1 heterocycles. The molecule has 7 nitrogen and oxygen atoms in total. The highest BCUT2D eigenvalue weighted by atomic mass is 32.2. The molecule has 1 fully saturated rings. The van der Waals surface area contributed by atoms with Crippen LogP contribution in [0.25, 0.3) is 0 Å². The number of carbonyl (C=O) groups excluding carboxylic acids is 2. The molecule has 0 unspecified atom stereocenters. The fourth-order valence-corrected chi connectivity index (χ4v) is 5.06. The minimum atomic E-state index is -3.55. The average molecular weight is 438 g/mol. The zero-order valence-electron chi connectivity index (χ0n) is 18.6. The Morgan fingerprint density at radius 3 is 2.03 bits per heavy atom. The van der Waals surface area contributed by atoms with E-state index in [-0.39, 0.29) is 11.8 Å². The van der Waals surface area contributed by atoms with Gasteiger partial charge in [0.15, 0.2) is 0 Å². The number of amides is 2. The molecule has 1 aromatic carbocycles. The number of benzene rings is 1. The summed E-state index contributed by atoms with van der Waals surface area (Å²) in [6.07, 6.45) is 1.21. The lowest BCUT2D eigenvalue weighted by Gasteiger charge is -2.34. The van der Waals surface area contributed by atoms with Crippen molar-refractivity contribution in [2.24, 2.45) is 0 Å². The van der Waals surface area contributed by atoms with Gasteiger partial charge in [-0.05, 0) is 43.9 Å². The summed E-state index contributed by atoms with van der Waals surface area (Å²) < 4.78 is 27.2. The third-order valence-corrected chi connectivity index (χ3v) is 7.59. The summed E-state index contributed by atoms with van der Waals surface area (Å²) in [5, 5.41) is 0. The minimum Gasteiger partial charge on any atom is -0.343 e. The predicted octanol–water partition coefficient (Wildman–Crippen LogP) is 2.68. The molecule has 2 amide bonds. The van der Waals surface area contributed by atoms with Crippen molar-refractivity contribution < 1.29 is 18.0 Å². The number of nitrogens with zero attached hydrogens (tertiary/aromatic N) is 3. The molecule has 8 heteroatoms. The number of sulfonamides is 1. The molecular weight excluding hydrogens is 402 g/mol. The van der Waals surface area contributed by atoms with Crippen molar-refractivity contribution in [2.75, 3.05) is 39.3 Å². The molecular formula is C22H35N3O4S. The molecule has 0 radical (unpaired) electrons. The van der Waals surface area contributed by atoms with Crippen LogP contribution in [0.5, 0.6) is 0 Å². The zero-order chi connectivity index (χ0) is 22.3. The van der Waals surface area contributed by atoms with Gasteiger partial charge in [-0.15, -0.1) is 0 Å². The van der Waals surface area contributed by atoms with E-state index in [4.69, 9.17) is 0 Å². The van der Waals surface area contributed by atoms with Gasteiger partial charge in [0.1, 0.15) is 0 Å². The Morgan fingerprint density at radius 1 is 0.967 bits per heavy atom. The second-order valence-corrected chi connectivity index (χ2v) is 9.87. The van der Waals surface area contributed by atoms with Crippen molar-refractivity contribution >= 4 is 21.8 Å². The first-order valence-electron chi connectivity index (χ1n) is 10.9. The molecule has 168 valence electrons. The van der Waals surface area contributed by atoms with Crippen molar-refractivity contribution in [3.63, 3.8) is 0 Å². The summed E-state index contributed by atoms with van der Waals surface area (Å²) in [6.45, 7) is 10.7. The van der Waals surface area contributed by atoms with Crippen LogP contribution in [-0.4, -0.2) is 73.6 Å². The third kappa shape index (κ3) is 6.04. The van der Waals surface area contributed by atoms with Crippen LogP contribution >= 0.6 is 0 Å². The maximum Gasteiger partial charge on any atom is 0.243 e. The second kappa shape index (κ2) is 10.9. The Morgan fingerprint density at radius 2 is 1.53 bits per heavy atom. The van der Waals surface area contributed by atoms with Gasteiger partial charge in [0.05, 0.1) is 4.90 Å². The normalized spacial score (nSPS) is 15.4. The SMILES string of the molecule is CCN(CC)C(=O)CCCC(=O)N1CCN(S(=O)(=O)c2ccc(C(C)C)cc2)CC1. The number of hydrogen-bond acceptors (Lipinski definition) is 4. The van der Waals surface area contributed by atoms with Crippen molar-refractivity contribution in [3.8, 4) is 0 Å². The lowest BCUT2D eigenvalue weighted by atomic mass is 10.0. The van der Waals surface area contributed by atoms with Crippen LogP contribution in [0.15, 0.2) is 29.2 Å². The molecule has 0 atom stereocenters. The Bertz CT molecular complexity index is 809. The van der Waals surface area contributed by atoms with Crippen molar-refractivity contribution in [3.05, 3.63) is 29.8 Å². The van der Waals surface area contributed by atoms with Gasteiger partial charge >= 0.3 is 0 Å².